The van der Waals surface area contributed by atoms with E-state index in [-0.39, 0.29) is 11.8 Å². The largest absolute Gasteiger partial charge is 0.450 e. The van der Waals surface area contributed by atoms with Gasteiger partial charge in [-0.3, -0.25) is 9.59 Å². The van der Waals surface area contributed by atoms with Crippen LogP contribution in [0, 0.1) is 0 Å². The van der Waals surface area contributed by atoms with Crippen molar-refractivity contribution in [3.05, 3.63) is 35.5 Å². The van der Waals surface area contributed by atoms with Crippen LogP contribution >= 0.6 is 0 Å². The van der Waals surface area contributed by atoms with Crippen molar-refractivity contribution < 1.29 is 18.7 Å². The SMILES string of the molecule is CCOc1nc2c(o1)-c1ccccc1C(=O)C2=O. The van der Waals surface area contributed by atoms with Crippen molar-refractivity contribution in [3.8, 4) is 17.4 Å². The van der Waals surface area contributed by atoms with Gasteiger partial charge in [0.1, 0.15) is 0 Å². The minimum atomic E-state index is -0.654. The van der Waals surface area contributed by atoms with Gasteiger partial charge < -0.3 is 9.15 Å². The second kappa shape index (κ2) is 3.80. The third-order valence-electron chi connectivity index (χ3n) is 2.71. The normalized spacial score (nSPS) is 13.2. The number of benzene rings is 1. The molecule has 1 aliphatic rings. The van der Waals surface area contributed by atoms with Crippen LogP contribution in [0.4, 0.5) is 0 Å². The Balaban J connectivity index is 2.24. The van der Waals surface area contributed by atoms with Gasteiger partial charge in [0.15, 0.2) is 11.5 Å². The molecule has 0 amide bonds. The molecule has 0 N–H and O–H groups in total. The van der Waals surface area contributed by atoms with E-state index in [0.717, 1.165) is 0 Å². The van der Waals surface area contributed by atoms with Crippen molar-refractivity contribution in [3.63, 3.8) is 0 Å². The summed E-state index contributed by atoms with van der Waals surface area (Å²) >= 11 is 0. The summed E-state index contributed by atoms with van der Waals surface area (Å²) in [6.45, 7) is 2.16. The molecule has 0 spiro atoms. The summed E-state index contributed by atoms with van der Waals surface area (Å²) < 4.78 is 10.5. The Bertz CT molecular complexity index is 657. The van der Waals surface area contributed by atoms with Gasteiger partial charge in [0.25, 0.3) is 5.78 Å². The lowest BCUT2D eigenvalue weighted by Crippen LogP contribution is -2.20. The smallest absolute Gasteiger partial charge is 0.394 e. The minimum absolute atomic E-state index is 0.0142. The standard InChI is InChI=1S/C13H9NO4/c1-2-17-13-14-9-11(16)10(15)7-5-3-4-6-8(7)12(9)18-13/h3-6H,2H2,1H3. The topological polar surface area (TPSA) is 69.4 Å². The van der Waals surface area contributed by atoms with E-state index in [1.165, 1.54) is 0 Å². The molecule has 0 radical (unpaired) electrons. The van der Waals surface area contributed by atoms with Gasteiger partial charge in [-0.15, -0.1) is 0 Å². The molecule has 0 aliphatic heterocycles. The third-order valence-corrected chi connectivity index (χ3v) is 2.71. The highest BCUT2D eigenvalue weighted by molar-refractivity contribution is 6.52. The highest BCUT2D eigenvalue weighted by Gasteiger charge is 2.35. The van der Waals surface area contributed by atoms with Crippen LogP contribution in [0.3, 0.4) is 0 Å². The minimum Gasteiger partial charge on any atom is -0.450 e. The number of carbonyl (C=O) groups is 2. The molecule has 0 saturated heterocycles. The number of ketones is 2. The average molecular weight is 243 g/mol. The number of Topliss-reactive ketones (excluding diaryl/α,β-unsaturated/α-hetero) is 2. The molecule has 1 aromatic carbocycles. The van der Waals surface area contributed by atoms with E-state index in [0.29, 0.717) is 23.5 Å². The maximum Gasteiger partial charge on any atom is 0.394 e. The summed E-state index contributed by atoms with van der Waals surface area (Å²) in [6.07, 6.45) is 0.0142. The average Bonchev–Trinajstić information content (AvgIpc) is 2.81. The molecule has 5 nitrogen and oxygen atoms in total. The van der Waals surface area contributed by atoms with Gasteiger partial charge >= 0.3 is 6.08 Å². The number of ether oxygens (including phenoxy) is 1. The summed E-state index contributed by atoms with van der Waals surface area (Å²) in [7, 11) is 0. The summed E-state index contributed by atoms with van der Waals surface area (Å²) in [5, 5.41) is 0. The van der Waals surface area contributed by atoms with E-state index in [1.54, 1.807) is 31.2 Å². The molecule has 0 fully saturated rings. The molecule has 2 aromatic rings. The Morgan fingerprint density at radius 3 is 2.61 bits per heavy atom. The Kier molecular flexibility index (Phi) is 2.26. The number of rotatable bonds is 2. The van der Waals surface area contributed by atoms with Crippen LogP contribution in [0.15, 0.2) is 28.7 Å². The zero-order chi connectivity index (χ0) is 12.7. The lowest BCUT2D eigenvalue weighted by Gasteiger charge is -2.10. The number of hydrogen-bond acceptors (Lipinski definition) is 5. The molecule has 5 heteroatoms. The number of fused-ring (bicyclic) bond motifs is 3. The van der Waals surface area contributed by atoms with Gasteiger partial charge in [0.05, 0.1) is 6.61 Å². The zero-order valence-corrected chi connectivity index (χ0v) is 9.60. The molecule has 0 unspecified atom stereocenters. The van der Waals surface area contributed by atoms with E-state index < -0.39 is 11.6 Å². The first kappa shape index (κ1) is 10.7. The third kappa shape index (κ3) is 1.37. The summed E-state index contributed by atoms with van der Waals surface area (Å²) in [6, 6.07) is 6.80. The molecule has 1 heterocycles. The summed E-state index contributed by atoms with van der Waals surface area (Å²) in [5.74, 6) is -0.911. The van der Waals surface area contributed by atoms with E-state index in [4.69, 9.17) is 9.15 Å². The molecular formula is C13H9NO4. The van der Waals surface area contributed by atoms with Crippen LogP contribution in [-0.2, 0) is 0 Å². The van der Waals surface area contributed by atoms with Crippen molar-refractivity contribution in [2.75, 3.05) is 6.61 Å². The fourth-order valence-corrected chi connectivity index (χ4v) is 1.93. The van der Waals surface area contributed by atoms with Gasteiger partial charge in [-0.05, 0) is 6.92 Å². The molecule has 0 bridgehead atoms. The Hall–Kier alpha value is -2.43. The monoisotopic (exact) mass is 243 g/mol. The Labute approximate surface area is 102 Å². The fraction of sp³-hybridized carbons (Fsp3) is 0.154. The molecule has 1 aromatic heterocycles. The van der Waals surface area contributed by atoms with Crippen LogP contribution in [0.1, 0.15) is 27.8 Å². The molecule has 0 saturated carbocycles. The zero-order valence-electron chi connectivity index (χ0n) is 9.60. The maximum atomic E-state index is 11.9. The van der Waals surface area contributed by atoms with Crippen molar-refractivity contribution in [1.82, 2.24) is 4.98 Å². The van der Waals surface area contributed by atoms with Gasteiger partial charge in [0.2, 0.25) is 5.78 Å². The number of oxazole rings is 1. The first-order valence-corrected chi connectivity index (χ1v) is 5.54. The van der Waals surface area contributed by atoms with Crippen molar-refractivity contribution in [2.24, 2.45) is 0 Å². The van der Waals surface area contributed by atoms with Crippen LogP contribution in [-0.4, -0.2) is 23.2 Å². The van der Waals surface area contributed by atoms with Gasteiger partial charge in [0, 0.05) is 11.1 Å². The van der Waals surface area contributed by atoms with Crippen molar-refractivity contribution in [2.45, 2.75) is 6.92 Å². The molecular weight excluding hydrogens is 234 g/mol. The lowest BCUT2D eigenvalue weighted by atomic mass is 9.91. The number of nitrogens with zero attached hydrogens (tertiary/aromatic N) is 1. The molecule has 3 rings (SSSR count). The van der Waals surface area contributed by atoms with Crippen LogP contribution in [0.2, 0.25) is 0 Å². The summed E-state index contributed by atoms with van der Waals surface area (Å²) in [4.78, 5) is 27.7. The predicted octanol–water partition coefficient (Wildman–Crippen LogP) is 2.12. The fourth-order valence-electron chi connectivity index (χ4n) is 1.93. The molecule has 0 atom stereocenters. The van der Waals surface area contributed by atoms with Gasteiger partial charge in [-0.25, -0.2) is 0 Å². The van der Waals surface area contributed by atoms with Crippen molar-refractivity contribution in [1.29, 1.82) is 0 Å². The lowest BCUT2D eigenvalue weighted by molar-refractivity contribution is 0.0812. The number of hydrogen-bond donors (Lipinski definition) is 0. The van der Waals surface area contributed by atoms with E-state index in [1.807, 2.05) is 0 Å². The Morgan fingerprint density at radius 1 is 1.17 bits per heavy atom. The van der Waals surface area contributed by atoms with E-state index in [9.17, 15) is 9.59 Å². The van der Waals surface area contributed by atoms with E-state index >= 15 is 0 Å². The van der Waals surface area contributed by atoms with Crippen LogP contribution in [0.25, 0.3) is 11.3 Å². The summed E-state index contributed by atoms with van der Waals surface area (Å²) in [5.41, 5.74) is 0.951. The highest BCUT2D eigenvalue weighted by atomic mass is 16.6. The molecule has 18 heavy (non-hydrogen) atoms. The highest BCUT2D eigenvalue weighted by Crippen LogP contribution is 2.35. The second-order valence-electron chi connectivity index (χ2n) is 3.79. The van der Waals surface area contributed by atoms with Gasteiger partial charge in [-0.1, -0.05) is 24.3 Å². The quantitative estimate of drug-likeness (QED) is 0.755. The van der Waals surface area contributed by atoms with Crippen molar-refractivity contribution >= 4 is 11.6 Å². The first-order valence-electron chi connectivity index (χ1n) is 5.54. The maximum absolute atomic E-state index is 11.9. The molecule has 1 aliphatic carbocycles. The first-order chi connectivity index (χ1) is 8.72. The number of carbonyl (C=O) groups excluding carboxylic acids is 2. The van der Waals surface area contributed by atoms with Gasteiger partial charge in [-0.2, -0.15) is 4.98 Å². The second-order valence-corrected chi connectivity index (χ2v) is 3.79. The van der Waals surface area contributed by atoms with Crippen LogP contribution < -0.4 is 4.74 Å². The van der Waals surface area contributed by atoms with Crippen LogP contribution in [0.5, 0.6) is 6.08 Å². The molecule has 90 valence electrons. The Morgan fingerprint density at radius 2 is 1.89 bits per heavy atom. The predicted molar refractivity (Wildman–Crippen MR) is 61.8 cm³/mol. The number of aromatic nitrogens is 1. The van der Waals surface area contributed by atoms with E-state index in [2.05, 4.69) is 4.98 Å².